The quantitative estimate of drug-likeness (QED) is 0.797. The molecular weight excluding hydrogens is 216 g/mol. The molecule has 98 valence electrons. The number of hydrogen-bond donors (Lipinski definition) is 1. The van der Waals surface area contributed by atoms with E-state index in [1.165, 1.54) is 0 Å². The molecule has 0 unspecified atom stereocenters. The highest BCUT2D eigenvalue weighted by Crippen LogP contribution is 2.22. The number of likely N-dealkylation sites (tertiary alicyclic amines) is 1. The van der Waals surface area contributed by atoms with Crippen LogP contribution < -0.4 is 5.32 Å². The Balaban J connectivity index is 1.81. The molecule has 2 heterocycles. The van der Waals surface area contributed by atoms with Gasteiger partial charge in [0.05, 0.1) is 12.6 Å². The van der Waals surface area contributed by atoms with Crippen molar-refractivity contribution >= 4 is 5.91 Å². The summed E-state index contributed by atoms with van der Waals surface area (Å²) in [6.45, 7) is 3.76. The monoisotopic (exact) mass is 240 g/mol. The van der Waals surface area contributed by atoms with Gasteiger partial charge in [0.25, 0.3) is 0 Å². The van der Waals surface area contributed by atoms with Gasteiger partial charge in [0.15, 0.2) is 0 Å². The van der Waals surface area contributed by atoms with Crippen LogP contribution in [0.4, 0.5) is 0 Å². The van der Waals surface area contributed by atoms with Crippen LogP contribution in [0.1, 0.15) is 32.1 Å². The third kappa shape index (κ3) is 3.42. The van der Waals surface area contributed by atoms with E-state index in [-0.39, 0.29) is 0 Å². The van der Waals surface area contributed by atoms with E-state index in [0.29, 0.717) is 24.5 Å². The minimum Gasteiger partial charge on any atom is -0.383 e. The SMILES string of the molecule is COC[C@@H]1CCCN1C(=O)CC1CCNCC1. The molecule has 0 radical (unpaired) electrons. The largest absolute Gasteiger partial charge is 0.383 e. The first-order chi connectivity index (χ1) is 8.31. The zero-order chi connectivity index (χ0) is 12.1. The van der Waals surface area contributed by atoms with Crippen LogP contribution in [0.25, 0.3) is 0 Å². The average Bonchev–Trinajstić information content (AvgIpc) is 2.79. The molecule has 2 aliphatic rings. The van der Waals surface area contributed by atoms with Crippen molar-refractivity contribution in [2.75, 3.05) is 33.4 Å². The predicted molar refractivity (Wildman–Crippen MR) is 66.8 cm³/mol. The van der Waals surface area contributed by atoms with Crippen molar-refractivity contribution in [2.45, 2.75) is 38.1 Å². The van der Waals surface area contributed by atoms with Gasteiger partial charge in [-0.2, -0.15) is 0 Å². The van der Waals surface area contributed by atoms with Gasteiger partial charge in [0, 0.05) is 20.1 Å². The number of methoxy groups -OCH3 is 1. The Morgan fingerprint density at radius 2 is 2.12 bits per heavy atom. The molecule has 0 aromatic heterocycles. The second kappa shape index (κ2) is 6.36. The van der Waals surface area contributed by atoms with Crippen molar-refractivity contribution in [1.29, 1.82) is 0 Å². The number of nitrogens with one attached hydrogen (secondary N) is 1. The van der Waals surface area contributed by atoms with Crippen molar-refractivity contribution in [2.24, 2.45) is 5.92 Å². The third-order valence-corrected chi connectivity index (χ3v) is 3.98. The normalized spacial score (nSPS) is 26.4. The van der Waals surface area contributed by atoms with Crippen LogP contribution in [0.5, 0.6) is 0 Å². The topological polar surface area (TPSA) is 41.6 Å². The number of rotatable bonds is 4. The van der Waals surface area contributed by atoms with Gasteiger partial charge >= 0.3 is 0 Å². The summed E-state index contributed by atoms with van der Waals surface area (Å²) in [4.78, 5) is 14.3. The van der Waals surface area contributed by atoms with E-state index >= 15 is 0 Å². The zero-order valence-corrected chi connectivity index (χ0v) is 10.8. The molecule has 0 bridgehead atoms. The molecular formula is C13H24N2O2. The van der Waals surface area contributed by atoms with Crippen LogP contribution in [0.15, 0.2) is 0 Å². The van der Waals surface area contributed by atoms with Crippen molar-refractivity contribution in [3.05, 3.63) is 0 Å². The lowest BCUT2D eigenvalue weighted by Gasteiger charge is -2.28. The molecule has 0 aromatic carbocycles. The standard InChI is InChI=1S/C13H24N2O2/c1-17-10-12-3-2-8-15(12)13(16)9-11-4-6-14-7-5-11/h11-12,14H,2-10H2,1H3/t12-/m0/s1. The molecule has 4 heteroatoms. The van der Waals surface area contributed by atoms with Crippen molar-refractivity contribution in [1.82, 2.24) is 10.2 Å². The molecule has 2 fully saturated rings. The minimum absolute atomic E-state index is 0.328. The van der Waals surface area contributed by atoms with Crippen LogP contribution in [0.3, 0.4) is 0 Å². The fourth-order valence-electron chi connectivity index (χ4n) is 2.98. The van der Waals surface area contributed by atoms with E-state index in [9.17, 15) is 4.79 Å². The Morgan fingerprint density at radius 1 is 1.35 bits per heavy atom. The fourth-order valence-corrected chi connectivity index (χ4v) is 2.98. The first-order valence-corrected chi connectivity index (χ1v) is 6.80. The Hall–Kier alpha value is -0.610. The van der Waals surface area contributed by atoms with Gasteiger partial charge in [-0.3, -0.25) is 4.79 Å². The number of carbonyl (C=O) groups excluding carboxylic acids is 1. The molecule has 1 atom stereocenters. The van der Waals surface area contributed by atoms with Crippen LogP contribution >= 0.6 is 0 Å². The van der Waals surface area contributed by atoms with E-state index < -0.39 is 0 Å². The van der Waals surface area contributed by atoms with Gasteiger partial charge in [-0.15, -0.1) is 0 Å². The van der Waals surface area contributed by atoms with Gasteiger partial charge in [-0.25, -0.2) is 0 Å². The molecule has 1 N–H and O–H groups in total. The summed E-state index contributed by atoms with van der Waals surface area (Å²) in [6.07, 6.45) is 5.27. The first kappa shape index (κ1) is 12.8. The van der Waals surface area contributed by atoms with Crippen molar-refractivity contribution in [3.8, 4) is 0 Å². The maximum Gasteiger partial charge on any atom is 0.223 e. The Bertz CT molecular complexity index is 252. The van der Waals surface area contributed by atoms with E-state index in [2.05, 4.69) is 5.32 Å². The number of amides is 1. The molecule has 0 aliphatic carbocycles. The van der Waals surface area contributed by atoms with Crippen molar-refractivity contribution in [3.63, 3.8) is 0 Å². The Labute approximate surface area is 104 Å². The molecule has 1 amide bonds. The number of nitrogens with zero attached hydrogens (tertiary/aromatic N) is 1. The van der Waals surface area contributed by atoms with Gasteiger partial charge in [0.2, 0.25) is 5.91 Å². The second-order valence-corrected chi connectivity index (χ2v) is 5.24. The highest BCUT2D eigenvalue weighted by molar-refractivity contribution is 5.77. The van der Waals surface area contributed by atoms with Gasteiger partial charge in [-0.1, -0.05) is 0 Å². The first-order valence-electron chi connectivity index (χ1n) is 6.80. The highest BCUT2D eigenvalue weighted by atomic mass is 16.5. The number of carbonyl (C=O) groups is 1. The molecule has 0 spiro atoms. The lowest BCUT2D eigenvalue weighted by Crippen LogP contribution is -2.40. The fraction of sp³-hybridized carbons (Fsp3) is 0.923. The maximum atomic E-state index is 12.2. The molecule has 2 aliphatic heterocycles. The van der Waals surface area contributed by atoms with Crippen LogP contribution in [0.2, 0.25) is 0 Å². The summed E-state index contributed by atoms with van der Waals surface area (Å²) in [6, 6.07) is 0.328. The summed E-state index contributed by atoms with van der Waals surface area (Å²) < 4.78 is 5.19. The van der Waals surface area contributed by atoms with E-state index in [4.69, 9.17) is 4.74 Å². The summed E-state index contributed by atoms with van der Waals surface area (Å²) in [5.74, 6) is 0.934. The third-order valence-electron chi connectivity index (χ3n) is 3.98. The average molecular weight is 240 g/mol. The van der Waals surface area contributed by atoms with E-state index in [0.717, 1.165) is 51.7 Å². The second-order valence-electron chi connectivity index (χ2n) is 5.24. The molecule has 17 heavy (non-hydrogen) atoms. The van der Waals surface area contributed by atoms with Crippen LogP contribution in [-0.2, 0) is 9.53 Å². The van der Waals surface area contributed by atoms with E-state index in [1.807, 2.05) is 4.90 Å². The molecule has 0 saturated carbocycles. The number of ether oxygens (including phenoxy) is 1. The summed E-state index contributed by atoms with van der Waals surface area (Å²) in [7, 11) is 1.72. The summed E-state index contributed by atoms with van der Waals surface area (Å²) >= 11 is 0. The van der Waals surface area contributed by atoms with Gasteiger partial charge in [-0.05, 0) is 44.7 Å². The van der Waals surface area contributed by atoms with E-state index in [1.54, 1.807) is 7.11 Å². The van der Waals surface area contributed by atoms with Gasteiger partial charge in [0.1, 0.15) is 0 Å². The highest BCUT2D eigenvalue weighted by Gasteiger charge is 2.29. The summed E-state index contributed by atoms with van der Waals surface area (Å²) in [5, 5.41) is 3.34. The lowest BCUT2D eigenvalue weighted by atomic mass is 9.94. The lowest BCUT2D eigenvalue weighted by molar-refractivity contribution is -0.134. The van der Waals surface area contributed by atoms with Crippen LogP contribution in [0, 0.1) is 5.92 Å². The maximum absolute atomic E-state index is 12.2. The predicted octanol–water partition coefficient (Wildman–Crippen LogP) is 1.01. The van der Waals surface area contributed by atoms with Gasteiger partial charge < -0.3 is 15.0 Å². The number of piperidine rings is 1. The molecule has 4 nitrogen and oxygen atoms in total. The molecule has 2 rings (SSSR count). The summed E-state index contributed by atoms with van der Waals surface area (Å²) in [5.41, 5.74) is 0. The molecule has 0 aromatic rings. The Morgan fingerprint density at radius 3 is 2.82 bits per heavy atom. The van der Waals surface area contributed by atoms with Crippen molar-refractivity contribution < 1.29 is 9.53 Å². The smallest absolute Gasteiger partial charge is 0.223 e. The Kier molecular flexibility index (Phi) is 4.80. The zero-order valence-electron chi connectivity index (χ0n) is 10.8. The number of hydrogen-bond acceptors (Lipinski definition) is 3. The molecule has 2 saturated heterocycles. The van der Waals surface area contributed by atoms with Crippen LogP contribution in [-0.4, -0.2) is 50.2 Å². The minimum atomic E-state index is 0.328.